The van der Waals surface area contributed by atoms with Gasteiger partial charge in [-0.2, -0.15) is 5.26 Å². The third kappa shape index (κ3) is 4.85. The van der Waals surface area contributed by atoms with Crippen LogP contribution in [0.25, 0.3) is 0 Å². The van der Waals surface area contributed by atoms with E-state index in [1.807, 2.05) is 6.07 Å². The topological polar surface area (TPSA) is 91.2 Å². The predicted molar refractivity (Wildman–Crippen MR) is 89.5 cm³/mol. The van der Waals surface area contributed by atoms with Crippen LogP contribution in [0.5, 0.6) is 5.75 Å². The van der Waals surface area contributed by atoms with Gasteiger partial charge in [-0.15, -0.1) is 0 Å². The van der Waals surface area contributed by atoms with Crippen LogP contribution < -0.4 is 15.4 Å². The Morgan fingerprint density at radius 2 is 1.79 bits per heavy atom. The molecule has 0 bridgehead atoms. The van der Waals surface area contributed by atoms with E-state index >= 15 is 0 Å². The second-order valence-corrected chi connectivity index (χ2v) is 4.99. The zero-order valence-electron chi connectivity index (χ0n) is 13.2. The largest absolute Gasteiger partial charge is 0.482 e. The summed E-state index contributed by atoms with van der Waals surface area (Å²) in [5.41, 5.74) is 1.84. The number of likely N-dealkylation sites (N-methyl/N-ethyl adjacent to an activating group) is 1. The van der Waals surface area contributed by atoms with Gasteiger partial charge >= 0.3 is 0 Å². The van der Waals surface area contributed by atoms with Gasteiger partial charge in [-0.1, -0.05) is 24.3 Å². The molecule has 2 rings (SSSR count). The van der Waals surface area contributed by atoms with E-state index in [1.165, 1.54) is 0 Å². The Bertz CT molecular complexity index is 764. The van der Waals surface area contributed by atoms with Crippen LogP contribution in [0.2, 0.25) is 0 Å². The Balaban J connectivity index is 1.88. The molecule has 6 nitrogen and oxygen atoms in total. The molecule has 0 aliphatic heterocycles. The lowest BCUT2D eigenvalue weighted by Crippen LogP contribution is -2.21. The van der Waals surface area contributed by atoms with E-state index in [4.69, 9.17) is 10.00 Å². The lowest BCUT2D eigenvalue weighted by molar-refractivity contribution is -0.120. The van der Waals surface area contributed by atoms with Crippen molar-refractivity contribution in [1.29, 1.82) is 5.26 Å². The molecule has 2 N–H and O–H groups in total. The molecule has 0 heterocycles. The van der Waals surface area contributed by atoms with Crippen LogP contribution in [0.4, 0.5) is 5.69 Å². The van der Waals surface area contributed by atoms with E-state index in [2.05, 4.69) is 10.6 Å². The Labute approximate surface area is 140 Å². The third-order valence-corrected chi connectivity index (χ3v) is 3.25. The normalized spacial score (nSPS) is 9.67. The molecule has 6 heteroatoms. The SMILES string of the molecule is CNC(=O)Cc1ccc(NC(=O)COc2ccccc2C#N)cc1. The average molecular weight is 323 g/mol. The molecular formula is C18H17N3O3. The minimum atomic E-state index is -0.332. The second-order valence-electron chi connectivity index (χ2n) is 4.99. The summed E-state index contributed by atoms with van der Waals surface area (Å²) in [5.74, 6) is -0.0331. The van der Waals surface area contributed by atoms with Crippen molar-refractivity contribution in [3.8, 4) is 11.8 Å². The molecule has 2 aromatic carbocycles. The van der Waals surface area contributed by atoms with Crippen molar-refractivity contribution in [2.75, 3.05) is 19.0 Å². The maximum Gasteiger partial charge on any atom is 0.262 e. The van der Waals surface area contributed by atoms with Gasteiger partial charge in [0, 0.05) is 12.7 Å². The van der Waals surface area contributed by atoms with E-state index < -0.39 is 0 Å². The summed E-state index contributed by atoms with van der Waals surface area (Å²) < 4.78 is 5.37. The van der Waals surface area contributed by atoms with Crippen molar-refractivity contribution in [2.24, 2.45) is 0 Å². The molecule has 0 unspecified atom stereocenters. The molecule has 2 amide bonds. The van der Waals surface area contributed by atoms with E-state index in [-0.39, 0.29) is 18.4 Å². The van der Waals surface area contributed by atoms with Crippen molar-refractivity contribution < 1.29 is 14.3 Å². The zero-order valence-corrected chi connectivity index (χ0v) is 13.2. The van der Waals surface area contributed by atoms with E-state index in [0.29, 0.717) is 23.4 Å². The fourth-order valence-corrected chi connectivity index (χ4v) is 2.00. The summed E-state index contributed by atoms with van der Waals surface area (Å²) in [6.45, 7) is -0.196. The summed E-state index contributed by atoms with van der Waals surface area (Å²) in [5, 5.41) is 14.2. The zero-order chi connectivity index (χ0) is 17.4. The van der Waals surface area contributed by atoms with Crippen molar-refractivity contribution in [1.82, 2.24) is 5.32 Å². The number of para-hydroxylation sites is 1. The minimum Gasteiger partial charge on any atom is -0.482 e. The van der Waals surface area contributed by atoms with Crippen LogP contribution in [0.15, 0.2) is 48.5 Å². The van der Waals surface area contributed by atoms with E-state index in [0.717, 1.165) is 5.56 Å². The molecule has 0 fully saturated rings. The Hall–Kier alpha value is -3.33. The molecule has 0 aromatic heterocycles. The number of nitrogens with one attached hydrogen (secondary N) is 2. The number of carbonyl (C=O) groups is 2. The number of nitriles is 1. The van der Waals surface area contributed by atoms with Crippen molar-refractivity contribution >= 4 is 17.5 Å². The Morgan fingerprint density at radius 3 is 2.46 bits per heavy atom. The predicted octanol–water partition coefficient (Wildman–Crippen LogP) is 1.86. The highest BCUT2D eigenvalue weighted by molar-refractivity contribution is 5.92. The van der Waals surface area contributed by atoms with Crippen LogP contribution in [-0.2, 0) is 16.0 Å². The van der Waals surface area contributed by atoms with Crippen LogP contribution in [0.3, 0.4) is 0 Å². The third-order valence-electron chi connectivity index (χ3n) is 3.25. The summed E-state index contributed by atoms with van der Waals surface area (Å²) >= 11 is 0. The number of hydrogen-bond acceptors (Lipinski definition) is 4. The van der Waals surface area contributed by atoms with Gasteiger partial charge in [-0.05, 0) is 29.8 Å². The molecule has 122 valence electrons. The number of carbonyl (C=O) groups excluding carboxylic acids is 2. The van der Waals surface area contributed by atoms with Gasteiger partial charge in [-0.25, -0.2) is 0 Å². The molecule has 0 atom stereocenters. The van der Waals surface area contributed by atoms with Crippen LogP contribution in [-0.4, -0.2) is 25.5 Å². The first-order valence-corrected chi connectivity index (χ1v) is 7.33. The van der Waals surface area contributed by atoms with E-state index in [1.54, 1.807) is 55.6 Å². The van der Waals surface area contributed by atoms with Gasteiger partial charge in [0.25, 0.3) is 5.91 Å². The number of hydrogen-bond donors (Lipinski definition) is 2. The number of nitrogens with zero attached hydrogens (tertiary/aromatic N) is 1. The smallest absolute Gasteiger partial charge is 0.262 e. The quantitative estimate of drug-likeness (QED) is 0.849. The second kappa shape index (κ2) is 8.34. The monoisotopic (exact) mass is 323 g/mol. The van der Waals surface area contributed by atoms with Gasteiger partial charge in [0.2, 0.25) is 5.91 Å². The fraction of sp³-hybridized carbons (Fsp3) is 0.167. The maximum atomic E-state index is 11.9. The Kier molecular flexibility index (Phi) is 5.92. The Morgan fingerprint density at radius 1 is 1.08 bits per heavy atom. The fourth-order valence-electron chi connectivity index (χ4n) is 2.00. The molecule has 0 saturated heterocycles. The highest BCUT2D eigenvalue weighted by Gasteiger charge is 2.07. The molecule has 2 aromatic rings. The van der Waals surface area contributed by atoms with Gasteiger partial charge in [-0.3, -0.25) is 9.59 Å². The number of rotatable bonds is 6. The van der Waals surface area contributed by atoms with Gasteiger partial charge < -0.3 is 15.4 Å². The number of benzene rings is 2. The van der Waals surface area contributed by atoms with Crippen LogP contribution >= 0.6 is 0 Å². The van der Waals surface area contributed by atoms with Gasteiger partial charge in [0.15, 0.2) is 6.61 Å². The standard InChI is InChI=1S/C18H17N3O3/c1-20-17(22)10-13-6-8-15(9-7-13)21-18(23)12-24-16-5-3-2-4-14(16)11-19/h2-9H,10,12H2,1H3,(H,20,22)(H,21,23). The van der Waals surface area contributed by atoms with E-state index in [9.17, 15) is 9.59 Å². The summed E-state index contributed by atoms with van der Waals surface area (Å²) in [4.78, 5) is 23.2. The molecule has 0 saturated carbocycles. The molecule has 0 aliphatic carbocycles. The molecule has 0 spiro atoms. The van der Waals surface area contributed by atoms with Crippen LogP contribution in [0.1, 0.15) is 11.1 Å². The van der Waals surface area contributed by atoms with Crippen molar-refractivity contribution in [3.63, 3.8) is 0 Å². The van der Waals surface area contributed by atoms with Gasteiger partial charge in [0.1, 0.15) is 11.8 Å². The first-order chi connectivity index (χ1) is 11.6. The van der Waals surface area contributed by atoms with Crippen molar-refractivity contribution in [3.05, 3.63) is 59.7 Å². The summed E-state index contributed by atoms with van der Waals surface area (Å²) in [6, 6.07) is 15.7. The average Bonchev–Trinajstić information content (AvgIpc) is 2.61. The molecule has 0 aliphatic rings. The van der Waals surface area contributed by atoms with Gasteiger partial charge in [0.05, 0.1) is 12.0 Å². The molecule has 0 radical (unpaired) electrons. The maximum absolute atomic E-state index is 11.9. The highest BCUT2D eigenvalue weighted by atomic mass is 16.5. The van der Waals surface area contributed by atoms with Crippen LogP contribution in [0, 0.1) is 11.3 Å². The molecule has 24 heavy (non-hydrogen) atoms. The lowest BCUT2D eigenvalue weighted by atomic mass is 10.1. The summed E-state index contributed by atoms with van der Waals surface area (Å²) in [6.07, 6.45) is 0.290. The highest BCUT2D eigenvalue weighted by Crippen LogP contribution is 2.16. The first-order valence-electron chi connectivity index (χ1n) is 7.33. The first kappa shape index (κ1) is 17.0. The molecular weight excluding hydrogens is 306 g/mol. The number of anilines is 1. The lowest BCUT2D eigenvalue weighted by Gasteiger charge is -2.09. The van der Waals surface area contributed by atoms with Crippen molar-refractivity contribution in [2.45, 2.75) is 6.42 Å². The minimum absolute atomic E-state index is 0.0728. The number of ether oxygens (including phenoxy) is 1. The number of amides is 2. The summed E-state index contributed by atoms with van der Waals surface area (Å²) in [7, 11) is 1.58.